The highest BCUT2D eigenvalue weighted by molar-refractivity contribution is 6.42. The second-order valence-electron chi connectivity index (χ2n) is 7.34. The molecule has 33 heavy (non-hydrogen) atoms. The van der Waals surface area contributed by atoms with Gasteiger partial charge >= 0.3 is 0 Å². The molecule has 0 saturated carbocycles. The monoisotopic (exact) mass is 504 g/mol. The van der Waals surface area contributed by atoms with Crippen LogP contribution in [0.5, 0.6) is 0 Å². The van der Waals surface area contributed by atoms with Gasteiger partial charge in [-0.3, -0.25) is 14.5 Å². The number of benzene rings is 3. The third kappa shape index (κ3) is 7.50. The number of carbonyl (C=O) groups excluding carboxylic acids is 2. The molecule has 0 bridgehead atoms. The van der Waals surface area contributed by atoms with Gasteiger partial charge in [-0.15, -0.1) is 11.6 Å². The molecule has 0 aliphatic rings. The van der Waals surface area contributed by atoms with Gasteiger partial charge in [0.25, 0.3) is 0 Å². The highest BCUT2D eigenvalue weighted by Crippen LogP contribution is 2.31. The number of rotatable bonds is 6. The van der Waals surface area contributed by atoms with Crippen molar-refractivity contribution in [3.8, 4) is 0 Å². The lowest BCUT2D eigenvalue weighted by Gasteiger charge is -2.25. The van der Waals surface area contributed by atoms with Crippen molar-refractivity contribution >= 4 is 63.7 Å². The maximum absolute atomic E-state index is 12.2. The van der Waals surface area contributed by atoms with E-state index in [2.05, 4.69) is 0 Å². The van der Waals surface area contributed by atoms with Gasteiger partial charge in [-0.25, -0.2) is 0 Å². The molecule has 3 aromatic rings. The fraction of sp³-hybridized carbons (Fsp3) is 0.231. The normalized spacial score (nSPS) is 10.3. The first-order valence-electron chi connectivity index (χ1n) is 10.6. The summed E-state index contributed by atoms with van der Waals surface area (Å²) < 4.78 is 0. The first-order chi connectivity index (χ1) is 15.8. The summed E-state index contributed by atoms with van der Waals surface area (Å²) in [6.45, 7) is 5.77. The average Bonchev–Trinajstić information content (AvgIpc) is 2.83. The van der Waals surface area contributed by atoms with Crippen molar-refractivity contribution < 1.29 is 9.59 Å². The largest absolute Gasteiger partial charge is 0.309 e. The van der Waals surface area contributed by atoms with E-state index in [1.165, 1.54) is 0 Å². The van der Waals surface area contributed by atoms with Gasteiger partial charge in [0.1, 0.15) is 5.88 Å². The first kappa shape index (κ1) is 26.7. The van der Waals surface area contributed by atoms with Gasteiger partial charge in [0.2, 0.25) is 11.8 Å². The van der Waals surface area contributed by atoms with Crippen molar-refractivity contribution in [3.05, 3.63) is 88.9 Å². The van der Waals surface area contributed by atoms with Gasteiger partial charge in [0.05, 0.1) is 15.7 Å². The van der Waals surface area contributed by atoms with Gasteiger partial charge in [-0.1, -0.05) is 66.5 Å². The lowest BCUT2D eigenvalue weighted by atomic mass is 10.2. The van der Waals surface area contributed by atoms with E-state index >= 15 is 0 Å². The molecule has 0 saturated heterocycles. The molecule has 0 unspecified atom stereocenters. The molecular formula is C26H27Cl3N2O2. The molecule has 0 spiro atoms. The number of hydrogen-bond donors (Lipinski definition) is 0. The molecule has 7 heteroatoms. The third-order valence-electron chi connectivity index (χ3n) is 4.66. The number of nitrogens with zero attached hydrogens (tertiary/aromatic N) is 2. The minimum absolute atomic E-state index is 0.00425. The Kier molecular flexibility index (Phi) is 10.7. The van der Waals surface area contributed by atoms with E-state index in [9.17, 15) is 9.59 Å². The summed E-state index contributed by atoms with van der Waals surface area (Å²) in [5, 5.41) is 0.909. The summed E-state index contributed by atoms with van der Waals surface area (Å²) in [7, 11) is 0. The third-order valence-corrected chi connectivity index (χ3v) is 5.63. The number of amides is 2. The van der Waals surface area contributed by atoms with E-state index < -0.39 is 0 Å². The van der Waals surface area contributed by atoms with Crippen molar-refractivity contribution in [2.75, 3.05) is 15.7 Å². The molecule has 3 aromatic carbocycles. The maximum Gasteiger partial charge on any atom is 0.242 e. The SMILES string of the molecule is CC(C)N(C(=O)CCl)c1ccccc1.CCC(=O)N(c1ccccc1)c1ccc(Cl)c(Cl)c1. The molecule has 2 amide bonds. The summed E-state index contributed by atoms with van der Waals surface area (Å²) in [5.41, 5.74) is 2.42. The van der Waals surface area contributed by atoms with Crippen molar-refractivity contribution in [2.45, 2.75) is 33.2 Å². The van der Waals surface area contributed by atoms with Crippen LogP contribution in [0.1, 0.15) is 27.2 Å². The van der Waals surface area contributed by atoms with Crippen LogP contribution in [-0.4, -0.2) is 23.7 Å². The van der Waals surface area contributed by atoms with E-state index in [1.54, 1.807) is 28.0 Å². The van der Waals surface area contributed by atoms with Crippen molar-refractivity contribution in [1.82, 2.24) is 0 Å². The Morgan fingerprint density at radius 2 is 1.30 bits per heavy atom. The standard InChI is InChI=1S/C15H13Cl2NO.C11H14ClNO/c1-2-15(19)18(11-6-4-3-5-7-11)12-8-9-13(16)14(17)10-12;1-9(2)13(11(14)8-12)10-6-4-3-5-7-10/h3-10H,2H2,1H3;3-7,9H,8H2,1-2H3. The maximum atomic E-state index is 12.2. The molecule has 0 N–H and O–H groups in total. The number of anilines is 3. The van der Waals surface area contributed by atoms with E-state index in [1.807, 2.05) is 81.4 Å². The van der Waals surface area contributed by atoms with E-state index in [0.29, 0.717) is 22.2 Å². The lowest BCUT2D eigenvalue weighted by molar-refractivity contribution is -0.118. The predicted molar refractivity (Wildman–Crippen MR) is 140 cm³/mol. The Labute approximate surface area is 210 Å². The van der Waals surface area contributed by atoms with Crippen LogP contribution in [0.2, 0.25) is 10.0 Å². The number of para-hydroxylation sites is 2. The minimum atomic E-state index is -0.0622. The van der Waals surface area contributed by atoms with Crippen LogP contribution in [-0.2, 0) is 9.59 Å². The van der Waals surface area contributed by atoms with Crippen LogP contribution < -0.4 is 9.80 Å². The van der Waals surface area contributed by atoms with Gasteiger partial charge in [0, 0.05) is 23.8 Å². The zero-order valence-electron chi connectivity index (χ0n) is 18.8. The second-order valence-corrected chi connectivity index (χ2v) is 8.42. The molecule has 3 rings (SSSR count). The zero-order valence-corrected chi connectivity index (χ0v) is 21.1. The zero-order chi connectivity index (χ0) is 24.4. The van der Waals surface area contributed by atoms with Gasteiger partial charge < -0.3 is 4.90 Å². The molecule has 0 aliphatic carbocycles. The Morgan fingerprint density at radius 3 is 1.76 bits per heavy atom. The van der Waals surface area contributed by atoms with Crippen LogP contribution in [0.15, 0.2) is 78.9 Å². The fourth-order valence-electron chi connectivity index (χ4n) is 3.18. The Bertz CT molecular complexity index is 1040. The van der Waals surface area contributed by atoms with Gasteiger partial charge in [-0.2, -0.15) is 0 Å². The predicted octanol–water partition coefficient (Wildman–Crippen LogP) is 7.73. The summed E-state index contributed by atoms with van der Waals surface area (Å²) in [6.07, 6.45) is 0.412. The average molecular weight is 506 g/mol. The minimum Gasteiger partial charge on any atom is -0.309 e. The Hall–Kier alpha value is -2.53. The van der Waals surface area contributed by atoms with E-state index in [-0.39, 0.29) is 23.7 Å². The van der Waals surface area contributed by atoms with Gasteiger partial charge in [0.15, 0.2) is 0 Å². The molecule has 0 fully saturated rings. The molecule has 0 heterocycles. The first-order valence-corrected chi connectivity index (χ1v) is 11.8. The van der Waals surface area contributed by atoms with Gasteiger partial charge in [-0.05, 0) is 56.3 Å². The molecular weight excluding hydrogens is 479 g/mol. The molecule has 174 valence electrons. The Balaban J connectivity index is 0.000000245. The molecule has 0 radical (unpaired) electrons. The summed E-state index contributed by atoms with van der Waals surface area (Å²) in [5.74, 6) is -0.0370. The van der Waals surface area contributed by atoms with Crippen LogP contribution in [0.3, 0.4) is 0 Å². The van der Waals surface area contributed by atoms with E-state index in [4.69, 9.17) is 34.8 Å². The molecule has 4 nitrogen and oxygen atoms in total. The molecule has 0 aromatic heterocycles. The smallest absolute Gasteiger partial charge is 0.242 e. The fourth-order valence-corrected chi connectivity index (χ4v) is 3.60. The number of halogens is 3. The van der Waals surface area contributed by atoms with Crippen molar-refractivity contribution in [1.29, 1.82) is 0 Å². The summed E-state index contributed by atoms with van der Waals surface area (Å²) in [6, 6.07) is 24.3. The highest BCUT2D eigenvalue weighted by Gasteiger charge is 2.18. The Morgan fingerprint density at radius 1 is 0.758 bits per heavy atom. The van der Waals surface area contributed by atoms with Crippen LogP contribution in [0, 0.1) is 0 Å². The highest BCUT2D eigenvalue weighted by atomic mass is 35.5. The lowest BCUT2D eigenvalue weighted by Crippen LogP contribution is -2.37. The number of hydrogen-bond acceptors (Lipinski definition) is 2. The van der Waals surface area contributed by atoms with E-state index in [0.717, 1.165) is 11.4 Å². The molecule has 0 aliphatic heterocycles. The summed E-state index contributed by atoms with van der Waals surface area (Å²) >= 11 is 17.5. The van der Waals surface area contributed by atoms with Crippen molar-refractivity contribution in [2.24, 2.45) is 0 Å². The number of alkyl halides is 1. The quantitative estimate of drug-likeness (QED) is 0.321. The van der Waals surface area contributed by atoms with Crippen LogP contribution >= 0.6 is 34.8 Å². The molecule has 0 atom stereocenters. The second kappa shape index (κ2) is 13.2. The number of carbonyl (C=O) groups is 2. The summed E-state index contributed by atoms with van der Waals surface area (Å²) in [4.78, 5) is 27.0. The topological polar surface area (TPSA) is 40.6 Å². The van der Waals surface area contributed by atoms with Crippen LogP contribution in [0.25, 0.3) is 0 Å². The van der Waals surface area contributed by atoms with Crippen LogP contribution in [0.4, 0.5) is 17.1 Å². The van der Waals surface area contributed by atoms with Crippen molar-refractivity contribution in [3.63, 3.8) is 0 Å².